The van der Waals surface area contributed by atoms with Gasteiger partial charge in [0.05, 0.1) is 11.2 Å². The summed E-state index contributed by atoms with van der Waals surface area (Å²) in [6, 6.07) is 13.0. The number of ether oxygens (including phenoxy) is 3. The summed E-state index contributed by atoms with van der Waals surface area (Å²) in [4.78, 5) is 1.83. The Bertz CT molecular complexity index is 827. The van der Waals surface area contributed by atoms with E-state index in [0.717, 1.165) is 20.9 Å². The predicted molar refractivity (Wildman–Crippen MR) is 110 cm³/mol. The second kappa shape index (κ2) is 8.74. The van der Waals surface area contributed by atoms with Gasteiger partial charge in [0.25, 0.3) is 0 Å². The lowest BCUT2D eigenvalue weighted by Gasteiger charge is -2.36. The van der Waals surface area contributed by atoms with E-state index in [4.69, 9.17) is 14.2 Å². The molecule has 0 bridgehead atoms. The molecule has 0 aromatic heterocycles. The van der Waals surface area contributed by atoms with Crippen LogP contribution in [0.15, 0.2) is 52.3 Å². The molecule has 0 radical (unpaired) electrons. The minimum atomic E-state index is -0.818. The third kappa shape index (κ3) is 4.52. The van der Waals surface area contributed by atoms with Crippen LogP contribution in [-0.2, 0) is 25.4 Å². The second-order valence-electron chi connectivity index (χ2n) is 7.76. The van der Waals surface area contributed by atoms with Gasteiger partial charge in [-0.15, -0.1) is 0 Å². The Balaban J connectivity index is 1.54. The molecule has 1 N–H and O–H groups in total. The normalized spacial score (nSPS) is 21.1. The maximum Gasteiger partial charge on any atom is 0.124 e. The molecule has 4 rings (SSSR count). The Morgan fingerprint density at radius 3 is 2.10 bits per heavy atom. The summed E-state index contributed by atoms with van der Waals surface area (Å²) in [6.07, 6.45) is 2.65. The summed E-state index contributed by atoms with van der Waals surface area (Å²) in [6.45, 7) is 2.38. The van der Waals surface area contributed by atoms with Crippen molar-refractivity contribution >= 4 is 11.8 Å². The molecule has 4 nitrogen and oxygen atoms in total. The van der Waals surface area contributed by atoms with E-state index in [9.17, 15) is 9.50 Å². The van der Waals surface area contributed by atoms with Crippen LogP contribution in [0.1, 0.15) is 36.8 Å². The first kappa shape index (κ1) is 20.8. The van der Waals surface area contributed by atoms with Gasteiger partial charge in [-0.05, 0) is 41.5 Å². The molecule has 0 unspecified atom stereocenters. The van der Waals surface area contributed by atoms with Crippen LogP contribution in [0, 0.1) is 5.82 Å². The van der Waals surface area contributed by atoms with Crippen LogP contribution in [0.4, 0.5) is 4.39 Å². The number of hydrogen-bond donors (Lipinski definition) is 1. The summed E-state index contributed by atoms with van der Waals surface area (Å²) in [5, 5.41) is 10.8. The van der Waals surface area contributed by atoms with Crippen LogP contribution in [0.3, 0.4) is 0 Å². The molecule has 0 spiro atoms. The van der Waals surface area contributed by atoms with Gasteiger partial charge in [0.2, 0.25) is 0 Å². The van der Waals surface area contributed by atoms with Gasteiger partial charge in [-0.1, -0.05) is 23.9 Å². The number of rotatable bonds is 5. The first-order valence-electron chi connectivity index (χ1n) is 10.1. The Kier molecular flexibility index (Phi) is 6.27. The standard InChI is InChI=1S/C23H27FO4S/c1-26-23(8-12-28-13-9-23)18-14-19(24)16-21(15-18)29-20-4-2-17(3-5-20)22(25)6-10-27-11-7-22/h2-5,14-16,25H,6-13H2,1H3. The number of benzene rings is 2. The molecule has 6 heteroatoms. The Labute approximate surface area is 175 Å². The van der Waals surface area contributed by atoms with Crippen molar-refractivity contribution in [2.75, 3.05) is 33.5 Å². The van der Waals surface area contributed by atoms with Crippen molar-refractivity contribution < 1.29 is 23.7 Å². The molecule has 0 aliphatic carbocycles. The summed E-state index contributed by atoms with van der Waals surface area (Å²) in [5.74, 6) is -0.263. The van der Waals surface area contributed by atoms with Gasteiger partial charge < -0.3 is 19.3 Å². The molecular formula is C23H27FO4S. The zero-order valence-electron chi connectivity index (χ0n) is 16.7. The molecule has 2 aliphatic rings. The van der Waals surface area contributed by atoms with E-state index < -0.39 is 11.2 Å². The van der Waals surface area contributed by atoms with E-state index in [-0.39, 0.29) is 5.82 Å². The third-order valence-corrected chi connectivity index (χ3v) is 7.02. The highest BCUT2D eigenvalue weighted by Crippen LogP contribution is 2.39. The first-order valence-corrected chi connectivity index (χ1v) is 10.9. The molecule has 2 aromatic carbocycles. The molecule has 2 heterocycles. The van der Waals surface area contributed by atoms with Crippen molar-refractivity contribution in [3.63, 3.8) is 0 Å². The van der Waals surface area contributed by atoms with Gasteiger partial charge in [-0.25, -0.2) is 4.39 Å². The molecule has 29 heavy (non-hydrogen) atoms. The number of aliphatic hydroxyl groups is 1. The highest BCUT2D eigenvalue weighted by Gasteiger charge is 2.35. The number of methoxy groups -OCH3 is 1. The minimum absolute atomic E-state index is 0.263. The van der Waals surface area contributed by atoms with E-state index in [2.05, 4.69) is 0 Å². The van der Waals surface area contributed by atoms with E-state index >= 15 is 0 Å². The average molecular weight is 419 g/mol. The quantitative estimate of drug-likeness (QED) is 0.767. The molecule has 156 valence electrons. The summed E-state index contributed by atoms with van der Waals surface area (Å²) >= 11 is 1.51. The van der Waals surface area contributed by atoms with Crippen molar-refractivity contribution in [3.8, 4) is 0 Å². The number of halogens is 1. The molecule has 2 aliphatic heterocycles. The molecule has 2 aromatic rings. The van der Waals surface area contributed by atoms with Crippen molar-refractivity contribution in [1.29, 1.82) is 0 Å². The molecule has 2 fully saturated rings. The lowest BCUT2D eigenvalue weighted by molar-refractivity contribution is -0.0950. The average Bonchev–Trinajstić information content (AvgIpc) is 2.75. The molecule has 0 saturated carbocycles. The molecule has 0 atom stereocenters. The Morgan fingerprint density at radius 1 is 0.862 bits per heavy atom. The van der Waals surface area contributed by atoms with Gasteiger partial charge in [-0.2, -0.15) is 0 Å². The zero-order valence-corrected chi connectivity index (χ0v) is 17.5. The Hall–Kier alpha value is -1.44. The van der Waals surface area contributed by atoms with Crippen LogP contribution < -0.4 is 0 Å². The van der Waals surface area contributed by atoms with E-state index in [1.165, 1.54) is 11.8 Å². The van der Waals surface area contributed by atoms with Crippen LogP contribution in [0.25, 0.3) is 0 Å². The Morgan fingerprint density at radius 2 is 1.48 bits per heavy atom. The van der Waals surface area contributed by atoms with Gasteiger partial charge in [0.1, 0.15) is 5.82 Å². The molecule has 2 saturated heterocycles. The fourth-order valence-electron chi connectivity index (χ4n) is 4.16. The third-order valence-electron chi connectivity index (χ3n) is 6.04. The van der Waals surface area contributed by atoms with E-state index in [1.54, 1.807) is 19.2 Å². The lowest BCUT2D eigenvalue weighted by atomic mass is 9.86. The summed E-state index contributed by atoms with van der Waals surface area (Å²) < 4.78 is 31.1. The fourth-order valence-corrected chi connectivity index (χ4v) is 5.07. The van der Waals surface area contributed by atoms with Gasteiger partial charge in [-0.3, -0.25) is 0 Å². The fraction of sp³-hybridized carbons (Fsp3) is 0.478. The summed E-state index contributed by atoms with van der Waals surface area (Å²) in [7, 11) is 1.68. The highest BCUT2D eigenvalue weighted by atomic mass is 32.2. The number of hydrogen-bond acceptors (Lipinski definition) is 5. The summed E-state index contributed by atoms with van der Waals surface area (Å²) in [5.41, 5.74) is 0.456. The van der Waals surface area contributed by atoms with Crippen LogP contribution >= 0.6 is 11.8 Å². The van der Waals surface area contributed by atoms with Crippen LogP contribution in [0.2, 0.25) is 0 Å². The SMILES string of the molecule is COC1(c2cc(F)cc(Sc3ccc(C4(O)CCOCC4)cc3)c2)CCOCC1. The highest BCUT2D eigenvalue weighted by molar-refractivity contribution is 7.99. The van der Waals surface area contributed by atoms with Crippen molar-refractivity contribution in [2.45, 2.75) is 46.7 Å². The van der Waals surface area contributed by atoms with Gasteiger partial charge >= 0.3 is 0 Å². The smallest absolute Gasteiger partial charge is 0.124 e. The van der Waals surface area contributed by atoms with Gasteiger partial charge in [0, 0.05) is 69.0 Å². The van der Waals surface area contributed by atoms with Crippen molar-refractivity contribution in [3.05, 3.63) is 59.4 Å². The lowest BCUT2D eigenvalue weighted by Crippen LogP contribution is -2.35. The first-order chi connectivity index (χ1) is 14.0. The minimum Gasteiger partial charge on any atom is -0.385 e. The second-order valence-corrected chi connectivity index (χ2v) is 8.90. The van der Waals surface area contributed by atoms with Gasteiger partial charge in [0.15, 0.2) is 0 Å². The topological polar surface area (TPSA) is 47.9 Å². The van der Waals surface area contributed by atoms with E-state index in [0.29, 0.717) is 52.1 Å². The van der Waals surface area contributed by atoms with Crippen LogP contribution in [0.5, 0.6) is 0 Å². The maximum atomic E-state index is 14.4. The molecular weight excluding hydrogens is 391 g/mol. The predicted octanol–water partition coefficient (Wildman–Crippen LogP) is 4.63. The monoisotopic (exact) mass is 418 g/mol. The molecule has 0 amide bonds. The zero-order chi connectivity index (χ0) is 20.3. The van der Waals surface area contributed by atoms with E-state index in [1.807, 2.05) is 30.3 Å². The largest absolute Gasteiger partial charge is 0.385 e. The van der Waals surface area contributed by atoms with Crippen molar-refractivity contribution in [2.24, 2.45) is 0 Å². The van der Waals surface area contributed by atoms with Crippen molar-refractivity contribution in [1.82, 2.24) is 0 Å². The van der Waals surface area contributed by atoms with Crippen LogP contribution in [-0.4, -0.2) is 38.6 Å². The maximum absolute atomic E-state index is 14.4.